The lowest BCUT2D eigenvalue weighted by Crippen LogP contribution is -2.31. The third kappa shape index (κ3) is 6.71. The summed E-state index contributed by atoms with van der Waals surface area (Å²) in [5.41, 5.74) is 1.27. The number of aliphatic hydroxyl groups excluding tert-OH is 1. The van der Waals surface area contributed by atoms with Gasteiger partial charge in [0.05, 0.1) is 12.1 Å². The van der Waals surface area contributed by atoms with Gasteiger partial charge in [-0.25, -0.2) is 0 Å². The summed E-state index contributed by atoms with van der Waals surface area (Å²) in [6, 6.07) is 10.1. The van der Waals surface area contributed by atoms with Crippen LogP contribution in [0.5, 0.6) is 0 Å². The largest absolute Gasteiger partial charge is 0.393 e. The monoisotopic (exact) mass is 277 g/mol. The van der Waals surface area contributed by atoms with E-state index in [2.05, 4.69) is 26.1 Å². The summed E-state index contributed by atoms with van der Waals surface area (Å²) < 4.78 is 0. The summed E-state index contributed by atoms with van der Waals surface area (Å²) in [6.45, 7) is 8.22. The van der Waals surface area contributed by atoms with E-state index in [0.717, 1.165) is 12.0 Å². The van der Waals surface area contributed by atoms with Crippen molar-refractivity contribution < 1.29 is 9.90 Å². The van der Waals surface area contributed by atoms with Crippen LogP contribution in [0.25, 0.3) is 0 Å². The van der Waals surface area contributed by atoms with E-state index in [1.54, 1.807) is 6.92 Å². The van der Waals surface area contributed by atoms with Crippen LogP contribution < -0.4 is 5.32 Å². The molecule has 0 fully saturated rings. The quantitative estimate of drug-likeness (QED) is 0.837. The van der Waals surface area contributed by atoms with Crippen molar-refractivity contribution in [2.45, 2.75) is 59.1 Å². The predicted octanol–water partition coefficient (Wildman–Crippen LogP) is 3.44. The molecule has 1 aromatic carbocycles. The Morgan fingerprint density at radius 1 is 1.25 bits per heavy atom. The Balaban J connectivity index is 2.71. The lowest BCUT2D eigenvalue weighted by atomic mass is 9.85. The Labute approximate surface area is 122 Å². The molecule has 1 amide bonds. The molecule has 0 radical (unpaired) electrons. The summed E-state index contributed by atoms with van der Waals surface area (Å²) in [4.78, 5) is 12.0. The Hall–Kier alpha value is -1.35. The molecule has 0 saturated heterocycles. The number of benzene rings is 1. The molecule has 2 atom stereocenters. The Morgan fingerprint density at radius 2 is 1.85 bits per heavy atom. The molecule has 3 heteroatoms. The minimum atomic E-state index is -0.432. The molecule has 2 N–H and O–H groups in total. The van der Waals surface area contributed by atoms with Gasteiger partial charge in [-0.2, -0.15) is 0 Å². The number of rotatable bonds is 6. The van der Waals surface area contributed by atoms with E-state index in [1.165, 1.54) is 0 Å². The summed E-state index contributed by atoms with van der Waals surface area (Å²) in [7, 11) is 0. The van der Waals surface area contributed by atoms with Gasteiger partial charge < -0.3 is 10.4 Å². The third-order valence-corrected chi connectivity index (χ3v) is 3.14. The first kappa shape index (κ1) is 16.7. The number of nitrogens with one attached hydrogen (secondary N) is 1. The van der Waals surface area contributed by atoms with Crippen LogP contribution in [0.3, 0.4) is 0 Å². The molecule has 2 unspecified atom stereocenters. The van der Waals surface area contributed by atoms with Crippen LogP contribution in [0.15, 0.2) is 30.3 Å². The standard InChI is InChI=1S/C17H27NO2/c1-13(19)10-11-16(20)18-15(12-17(2,3)4)14-8-6-5-7-9-14/h5-9,13,15,19H,10-12H2,1-4H3,(H,18,20). The van der Waals surface area contributed by atoms with Crippen molar-refractivity contribution in [1.82, 2.24) is 5.32 Å². The third-order valence-electron chi connectivity index (χ3n) is 3.14. The van der Waals surface area contributed by atoms with Gasteiger partial charge in [0.2, 0.25) is 5.91 Å². The van der Waals surface area contributed by atoms with Crippen LogP contribution in [0, 0.1) is 5.41 Å². The van der Waals surface area contributed by atoms with Gasteiger partial charge in [0.25, 0.3) is 0 Å². The number of aliphatic hydroxyl groups is 1. The number of carbonyl (C=O) groups excluding carboxylic acids is 1. The lowest BCUT2D eigenvalue weighted by Gasteiger charge is -2.27. The van der Waals surface area contributed by atoms with Crippen molar-refractivity contribution in [3.8, 4) is 0 Å². The fraction of sp³-hybridized carbons (Fsp3) is 0.588. The minimum absolute atomic E-state index is 0.00371. The van der Waals surface area contributed by atoms with Crippen LogP contribution >= 0.6 is 0 Å². The van der Waals surface area contributed by atoms with E-state index in [1.807, 2.05) is 30.3 Å². The number of hydrogen-bond acceptors (Lipinski definition) is 2. The van der Waals surface area contributed by atoms with Gasteiger partial charge in [-0.3, -0.25) is 4.79 Å². The van der Waals surface area contributed by atoms with E-state index in [0.29, 0.717) is 12.8 Å². The maximum absolute atomic E-state index is 12.0. The molecule has 0 bridgehead atoms. The number of amides is 1. The second kappa shape index (κ2) is 7.44. The van der Waals surface area contributed by atoms with Crippen molar-refractivity contribution >= 4 is 5.91 Å². The molecule has 0 spiro atoms. The molecular formula is C17H27NO2. The highest BCUT2D eigenvalue weighted by Crippen LogP contribution is 2.29. The van der Waals surface area contributed by atoms with E-state index in [-0.39, 0.29) is 17.4 Å². The van der Waals surface area contributed by atoms with Crippen LogP contribution in [-0.4, -0.2) is 17.1 Å². The van der Waals surface area contributed by atoms with E-state index in [9.17, 15) is 9.90 Å². The molecule has 0 heterocycles. The molecular weight excluding hydrogens is 250 g/mol. The highest BCUT2D eigenvalue weighted by molar-refractivity contribution is 5.76. The van der Waals surface area contributed by atoms with Crippen LogP contribution in [0.1, 0.15) is 58.6 Å². The van der Waals surface area contributed by atoms with Crippen LogP contribution in [0.2, 0.25) is 0 Å². The molecule has 0 aliphatic rings. The topological polar surface area (TPSA) is 49.3 Å². The van der Waals surface area contributed by atoms with Gasteiger partial charge in [-0.05, 0) is 30.7 Å². The molecule has 112 valence electrons. The molecule has 3 nitrogen and oxygen atoms in total. The van der Waals surface area contributed by atoms with Crippen molar-refractivity contribution in [2.75, 3.05) is 0 Å². The first-order valence-corrected chi connectivity index (χ1v) is 7.30. The highest BCUT2D eigenvalue weighted by atomic mass is 16.3. The summed E-state index contributed by atoms with van der Waals surface area (Å²) in [6.07, 6.45) is 1.32. The molecule has 1 aromatic rings. The van der Waals surface area contributed by atoms with E-state index in [4.69, 9.17) is 0 Å². The number of hydrogen-bond donors (Lipinski definition) is 2. The molecule has 0 aliphatic heterocycles. The fourth-order valence-electron chi connectivity index (χ4n) is 2.16. The predicted molar refractivity (Wildman–Crippen MR) is 82.3 cm³/mol. The zero-order valence-corrected chi connectivity index (χ0v) is 13.0. The first-order valence-electron chi connectivity index (χ1n) is 7.30. The second-order valence-electron chi connectivity index (χ2n) is 6.68. The van der Waals surface area contributed by atoms with Gasteiger partial charge in [0, 0.05) is 6.42 Å². The molecule has 0 saturated carbocycles. The van der Waals surface area contributed by atoms with Crippen molar-refractivity contribution in [1.29, 1.82) is 0 Å². The van der Waals surface area contributed by atoms with Gasteiger partial charge in [-0.15, -0.1) is 0 Å². The minimum Gasteiger partial charge on any atom is -0.393 e. The number of carbonyl (C=O) groups is 1. The first-order chi connectivity index (χ1) is 9.28. The maximum atomic E-state index is 12.0. The Kier molecular flexibility index (Phi) is 6.21. The molecule has 20 heavy (non-hydrogen) atoms. The second-order valence-corrected chi connectivity index (χ2v) is 6.68. The molecule has 0 aliphatic carbocycles. The van der Waals surface area contributed by atoms with Gasteiger partial charge in [0.1, 0.15) is 0 Å². The average molecular weight is 277 g/mol. The van der Waals surface area contributed by atoms with Crippen molar-refractivity contribution in [3.05, 3.63) is 35.9 Å². The van der Waals surface area contributed by atoms with Crippen molar-refractivity contribution in [3.63, 3.8) is 0 Å². The SMILES string of the molecule is CC(O)CCC(=O)NC(CC(C)(C)C)c1ccccc1. The Morgan fingerprint density at radius 3 is 2.35 bits per heavy atom. The lowest BCUT2D eigenvalue weighted by molar-refractivity contribution is -0.122. The highest BCUT2D eigenvalue weighted by Gasteiger charge is 2.21. The smallest absolute Gasteiger partial charge is 0.220 e. The summed E-state index contributed by atoms with van der Waals surface area (Å²) in [5, 5.41) is 12.4. The molecule has 0 aromatic heterocycles. The van der Waals surface area contributed by atoms with Crippen LogP contribution in [-0.2, 0) is 4.79 Å². The normalized spacial score (nSPS) is 14.7. The molecule has 1 rings (SSSR count). The summed E-state index contributed by atoms with van der Waals surface area (Å²) >= 11 is 0. The zero-order chi connectivity index (χ0) is 15.2. The maximum Gasteiger partial charge on any atom is 0.220 e. The van der Waals surface area contributed by atoms with Gasteiger partial charge in [-0.1, -0.05) is 51.1 Å². The van der Waals surface area contributed by atoms with Crippen LogP contribution in [0.4, 0.5) is 0 Å². The van der Waals surface area contributed by atoms with Gasteiger partial charge in [0.15, 0.2) is 0 Å². The van der Waals surface area contributed by atoms with Crippen molar-refractivity contribution in [2.24, 2.45) is 5.41 Å². The summed E-state index contributed by atoms with van der Waals surface area (Å²) in [5.74, 6) is 0.00371. The fourth-order valence-corrected chi connectivity index (χ4v) is 2.16. The Bertz CT molecular complexity index is 407. The average Bonchev–Trinajstić information content (AvgIpc) is 2.35. The zero-order valence-electron chi connectivity index (χ0n) is 13.0. The van der Waals surface area contributed by atoms with E-state index >= 15 is 0 Å². The van der Waals surface area contributed by atoms with E-state index < -0.39 is 6.10 Å². The van der Waals surface area contributed by atoms with Gasteiger partial charge >= 0.3 is 0 Å².